The second-order valence-electron chi connectivity index (χ2n) is 9.55. The maximum absolute atomic E-state index is 13.7. The summed E-state index contributed by atoms with van der Waals surface area (Å²) in [6.07, 6.45) is 0.285. The van der Waals surface area contributed by atoms with Crippen molar-refractivity contribution in [2.24, 2.45) is 5.73 Å². The molecule has 3 amide bonds. The Morgan fingerprint density at radius 3 is 2.40 bits per heavy atom. The molecule has 1 aliphatic heterocycles. The quantitative estimate of drug-likeness (QED) is 0.323. The molecule has 4 rings (SSSR count). The molecule has 0 unspecified atom stereocenters. The summed E-state index contributed by atoms with van der Waals surface area (Å²) in [7, 11) is 0. The first-order valence-electron chi connectivity index (χ1n) is 13.0. The van der Waals surface area contributed by atoms with Crippen LogP contribution in [0, 0.1) is 5.82 Å². The molecule has 10 heteroatoms. The van der Waals surface area contributed by atoms with Gasteiger partial charge in [0.2, 0.25) is 17.7 Å². The zero-order valence-electron chi connectivity index (χ0n) is 21.7. The fourth-order valence-electron chi connectivity index (χ4n) is 4.67. The molecule has 1 aliphatic rings. The van der Waals surface area contributed by atoms with Crippen molar-refractivity contribution in [3.63, 3.8) is 0 Å². The molecule has 3 aromatic rings. The van der Waals surface area contributed by atoms with E-state index >= 15 is 0 Å². The van der Waals surface area contributed by atoms with Gasteiger partial charge < -0.3 is 21.3 Å². The predicted molar refractivity (Wildman–Crippen MR) is 150 cm³/mol. The second-order valence-corrected chi connectivity index (χ2v) is 9.96. The van der Waals surface area contributed by atoms with Gasteiger partial charge in [-0.3, -0.25) is 19.2 Å². The van der Waals surface area contributed by atoms with Gasteiger partial charge in [-0.05, 0) is 42.3 Å². The minimum absolute atomic E-state index is 0.00192. The van der Waals surface area contributed by atoms with Crippen LogP contribution in [0.4, 0.5) is 10.1 Å². The summed E-state index contributed by atoms with van der Waals surface area (Å²) in [5.74, 6) is -2.24. The van der Waals surface area contributed by atoms with Crippen molar-refractivity contribution in [2.75, 3.05) is 11.9 Å². The number of nitrogens with zero attached hydrogens (tertiary/aromatic N) is 1. The van der Waals surface area contributed by atoms with Crippen LogP contribution in [0.15, 0.2) is 72.8 Å². The van der Waals surface area contributed by atoms with E-state index in [1.807, 2.05) is 24.3 Å². The summed E-state index contributed by atoms with van der Waals surface area (Å²) in [6, 6.07) is 17.8. The molecule has 0 saturated heterocycles. The number of carbonyl (C=O) groups is 4. The average Bonchev–Trinajstić information content (AvgIpc) is 2.97. The number of halogens is 2. The van der Waals surface area contributed by atoms with Crippen LogP contribution in [0.1, 0.15) is 40.7 Å². The van der Waals surface area contributed by atoms with Crippen molar-refractivity contribution >= 4 is 40.8 Å². The van der Waals surface area contributed by atoms with E-state index in [2.05, 4.69) is 10.6 Å². The highest BCUT2D eigenvalue weighted by Crippen LogP contribution is 2.26. The van der Waals surface area contributed by atoms with Crippen LogP contribution < -0.4 is 16.4 Å². The van der Waals surface area contributed by atoms with Crippen molar-refractivity contribution in [1.29, 1.82) is 0 Å². The molecule has 40 heavy (non-hydrogen) atoms. The van der Waals surface area contributed by atoms with Crippen molar-refractivity contribution in [3.8, 4) is 0 Å². The Kier molecular flexibility index (Phi) is 9.63. The number of hydrogen-bond donors (Lipinski definition) is 3. The number of ketones is 1. The monoisotopic (exact) mass is 564 g/mol. The number of anilines is 1. The molecule has 0 aromatic heterocycles. The molecule has 8 nitrogen and oxygen atoms in total. The molecular weight excluding hydrogens is 535 g/mol. The minimum Gasteiger partial charge on any atom is -0.342 e. The minimum atomic E-state index is -1.05. The third kappa shape index (κ3) is 7.11. The molecule has 0 bridgehead atoms. The molecule has 0 radical (unpaired) electrons. The number of fused-ring (bicyclic) bond motifs is 1. The third-order valence-electron chi connectivity index (χ3n) is 6.81. The van der Waals surface area contributed by atoms with Crippen molar-refractivity contribution in [3.05, 3.63) is 100 Å². The smallest absolute Gasteiger partial charge is 0.247 e. The van der Waals surface area contributed by atoms with Crippen LogP contribution in [0.2, 0.25) is 5.02 Å². The number of carbonyl (C=O) groups excluding carboxylic acids is 4. The number of benzene rings is 3. The summed E-state index contributed by atoms with van der Waals surface area (Å²) in [6.45, 7) is 0.284. The topological polar surface area (TPSA) is 122 Å². The zero-order chi connectivity index (χ0) is 28.6. The van der Waals surface area contributed by atoms with E-state index in [9.17, 15) is 23.6 Å². The van der Waals surface area contributed by atoms with Gasteiger partial charge in [-0.15, -0.1) is 0 Å². The van der Waals surface area contributed by atoms with Crippen molar-refractivity contribution in [1.82, 2.24) is 10.2 Å². The van der Waals surface area contributed by atoms with E-state index < -0.39 is 29.7 Å². The second kappa shape index (κ2) is 13.3. The van der Waals surface area contributed by atoms with E-state index in [1.165, 1.54) is 11.0 Å². The third-order valence-corrected chi connectivity index (χ3v) is 7.14. The Morgan fingerprint density at radius 1 is 0.975 bits per heavy atom. The van der Waals surface area contributed by atoms with Crippen molar-refractivity contribution < 1.29 is 23.6 Å². The summed E-state index contributed by atoms with van der Waals surface area (Å²) in [5, 5.41) is 5.40. The maximum atomic E-state index is 13.7. The molecule has 4 N–H and O–H groups in total. The number of amides is 3. The molecule has 3 aromatic carbocycles. The van der Waals surface area contributed by atoms with Gasteiger partial charge in [0.05, 0.1) is 10.7 Å². The Hall–Kier alpha value is -4.08. The van der Waals surface area contributed by atoms with Crippen LogP contribution >= 0.6 is 11.6 Å². The van der Waals surface area contributed by atoms with E-state index in [-0.39, 0.29) is 61.2 Å². The van der Waals surface area contributed by atoms with Crippen LogP contribution in [0.5, 0.6) is 0 Å². The summed E-state index contributed by atoms with van der Waals surface area (Å²) < 4.78 is 13.7. The van der Waals surface area contributed by atoms with Gasteiger partial charge in [0, 0.05) is 31.4 Å². The largest absolute Gasteiger partial charge is 0.342 e. The van der Waals surface area contributed by atoms with Gasteiger partial charge >= 0.3 is 0 Å². The molecule has 0 saturated carbocycles. The van der Waals surface area contributed by atoms with Crippen LogP contribution in [-0.2, 0) is 27.3 Å². The maximum Gasteiger partial charge on any atom is 0.247 e. The molecule has 0 aliphatic carbocycles. The zero-order valence-corrected chi connectivity index (χ0v) is 22.5. The molecule has 2 atom stereocenters. The highest BCUT2D eigenvalue weighted by atomic mass is 35.5. The molecule has 208 valence electrons. The number of nitrogens with two attached hydrogens (primary N) is 1. The van der Waals surface area contributed by atoms with Gasteiger partial charge in [0.25, 0.3) is 0 Å². The van der Waals surface area contributed by atoms with Gasteiger partial charge in [-0.2, -0.15) is 0 Å². The molecule has 1 heterocycles. The van der Waals surface area contributed by atoms with Gasteiger partial charge in [-0.1, -0.05) is 66.2 Å². The number of Topliss-reactive ketones (excluding diaryl/α,β-unsaturated/α-hetero) is 1. The van der Waals surface area contributed by atoms with E-state index in [0.717, 1.165) is 23.3 Å². The number of nitrogens with one attached hydrogen (secondary N) is 2. The van der Waals surface area contributed by atoms with Crippen LogP contribution in [-0.4, -0.2) is 47.0 Å². The normalized spacial score (nSPS) is 15.1. The van der Waals surface area contributed by atoms with Crippen LogP contribution in [0.3, 0.4) is 0 Å². The summed E-state index contributed by atoms with van der Waals surface area (Å²) in [5.41, 5.74) is 8.11. The first-order chi connectivity index (χ1) is 19.3. The molecular formula is C30H30ClFN4O4. The summed E-state index contributed by atoms with van der Waals surface area (Å²) in [4.78, 5) is 54.0. The highest BCUT2D eigenvalue weighted by molar-refractivity contribution is 6.33. The van der Waals surface area contributed by atoms with Crippen LogP contribution in [0.25, 0.3) is 0 Å². The van der Waals surface area contributed by atoms with E-state index in [4.69, 9.17) is 17.3 Å². The number of rotatable bonds is 10. The molecule has 0 spiro atoms. The first kappa shape index (κ1) is 28.9. The fraction of sp³-hybridized carbons (Fsp3) is 0.267. The lowest BCUT2D eigenvalue weighted by Gasteiger charge is -2.36. The first-order valence-corrected chi connectivity index (χ1v) is 13.4. The average molecular weight is 565 g/mol. The predicted octanol–water partition coefficient (Wildman–Crippen LogP) is 3.87. The number of hydrogen-bond acceptors (Lipinski definition) is 5. The molecule has 0 fully saturated rings. The van der Waals surface area contributed by atoms with Gasteiger partial charge in [0.15, 0.2) is 5.78 Å². The lowest BCUT2D eigenvalue weighted by molar-refractivity contribution is -0.142. The van der Waals surface area contributed by atoms with E-state index in [0.29, 0.717) is 5.56 Å². The lowest BCUT2D eigenvalue weighted by Crippen LogP contribution is -2.56. The Morgan fingerprint density at radius 2 is 1.68 bits per heavy atom. The van der Waals surface area contributed by atoms with E-state index in [1.54, 1.807) is 30.3 Å². The Labute approximate surface area is 236 Å². The Balaban J connectivity index is 1.50. The summed E-state index contributed by atoms with van der Waals surface area (Å²) >= 11 is 6.08. The fourth-order valence-corrected chi connectivity index (χ4v) is 4.83. The lowest BCUT2D eigenvalue weighted by atomic mass is 9.92. The highest BCUT2D eigenvalue weighted by Gasteiger charge is 2.36. The van der Waals surface area contributed by atoms with Gasteiger partial charge in [-0.25, -0.2) is 4.39 Å². The van der Waals surface area contributed by atoms with Gasteiger partial charge in [0.1, 0.15) is 17.9 Å². The van der Waals surface area contributed by atoms with Crippen molar-refractivity contribution in [2.45, 2.75) is 44.3 Å². The SMILES string of the molecule is NCC[C@H](NC(=O)[C@@H]1Cc2ccccc2CN1C(=O)CCC(=O)c1ccccc1)C(=O)Nc1cc(F)ccc1Cl. The standard InChI is InChI=1S/C30H30ClFN4O4/c31-23-11-10-22(32)17-25(23)35-29(39)24(14-15-33)34-30(40)26-16-20-8-4-5-9-21(20)18-36(26)28(38)13-12-27(37)19-6-2-1-3-7-19/h1-11,17,24,26H,12-16,18,33H2,(H,34,40)(H,35,39)/t24-,26-/m0/s1. The Bertz CT molecular complexity index is 1400.